The van der Waals surface area contributed by atoms with Crippen LogP contribution in [-0.2, 0) is 9.47 Å². The van der Waals surface area contributed by atoms with Crippen LogP contribution in [-0.4, -0.2) is 89.3 Å². The summed E-state index contributed by atoms with van der Waals surface area (Å²) in [4.78, 5) is 16.8. The van der Waals surface area contributed by atoms with E-state index >= 15 is 4.39 Å². The Balaban J connectivity index is 1.36. The molecule has 230 valence electrons. The van der Waals surface area contributed by atoms with Gasteiger partial charge in [0.15, 0.2) is 12.6 Å². The summed E-state index contributed by atoms with van der Waals surface area (Å²) in [6, 6.07) is 7.67. The average Bonchev–Trinajstić information content (AvgIpc) is 3.44. The molecule has 1 amide bonds. The number of hydrogen-bond acceptors (Lipinski definition) is 10. The van der Waals surface area contributed by atoms with Crippen molar-refractivity contribution in [2.45, 2.75) is 63.9 Å². The van der Waals surface area contributed by atoms with Gasteiger partial charge in [-0.25, -0.2) is 13.6 Å². The second-order valence-electron chi connectivity index (χ2n) is 11.6. The van der Waals surface area contributed by atoms with E-state index < -0.39 is 23.7 Å². The molecular formula is C30H36F2N6O5. The first-order valence-electron chi connectivity index (χ1n) is 14.1. The summed E-state index contributed by atoms with van der Waals surface area (Å²) in [5.74, 6) is 0.687. The smallest absolute Gasteiger partial charge is 0.410 e. The molecule has 3 heterocycles. The van der Waals surface area contributed by atoms with E-state index in [9.17, 15) is 9.18 Å². The van der Waals surface area contributed by atoms with Crippen LogP contribution < -0.4 is 14.4 Å². The molecule has 0 N–H and O–H groups in total. The predicted molar refractivity (Wildman–Crippen MR) is 154 cm³/mol. The van der Waals surface area contributed by atoms with Gasteiger partial charge in [0.25, 0.3) is 0 Å². The quantitative estimate of drug-likeness (QED) is 0.310. The van der Waals surface area contributed by atoms with Crippen LogP contribution in [0.3, 0.4) is 0 Å². The minimum atomic E-state index is -0.897. The molecule has 43 heavy (non-hydrogen) atoms. The molecular weight excluding hydrogens is 562 g/mol. The lowest BCUT2D eigenvalue weighted by molar-refractivity contribution is -0.0178. The zero-order chi connectivity index (χ0) is 30.7. The number of benzene rings is 1. The lowest BCUT2D eigenvalue weighted by Crippen LogP contribution is -2.55. The van der Waals surface area contributed by atoms with Crippen molar-refractivity contribution < 1.29 is 32.5 Å². The highest BCUT2D eigenvalue weighted by Gasteiger charge is 2.43. The molecule has 3 aromatic rings. The largest absolute Gasteiger partial charge is 0.480 e. The van der Waals surface area contributed by atoms with Crippen molar-refractivity contribution in [2.24, 2.45) is 0 Å². The number of carbonyl (C=O) groups is 1. The summed E-state index contributed by atoms with van der Waals surface area (Å²) in [7, 11) is 2.95. The maximum Gasteiger partial charge on any atom is 0.410 e. The van der Waals surface area contributed by atoms with Gasteiger partial charge >= 0.3 is 6.09 Å². The third kappa shape index (κ3) is 6.93. The molecule has 1 aliphatic heterocycles. The van der Waals surface area contributed by atoms with Gasteiger partial charge in [-0.2, -0.15) is 5.10 Å². The fraction of sp³-hybridized carbons (Fsp3) is 0.500. The Kier molecular flexibility index (Phi) is 8.90. The van der Waals surface area contributed by atoms with Crippen LogP contribution in [0.25, 0.3) is 22.4 Å². The summed E-state index contributed by atoms with van der Waals surface area (Å²) >= 11 is 0. The zero-order valence-corrected chi connectivity index (χ0v) is 24.9. The van der Waals surface area contributed by atoms with Gasteiger partial charge in [0.05, 0.1) is 25.0 Å². The first-order chi connectivity index (χ1) is 20.6. The van der Waals surface area contributed by atoms with Crippen LogP contribution in [0.4, 0.5) is 19.4 Å². The molecule has 1 saturated carbocycles. The van der Waals surface area contributed by atoms with Crippen LogP contribution >= 0.6 is 0 Å². The third-order valence-corrected chi connectivity index (χ3v) is 7.41. The maximum absolute atomic E-state index is 15.4. The van der Waals surface area contributed by atoms with Crippen molar-refractivity contribution in [2.75, 3.05) is 39.0 Å². The molecule has 1 aromatic carbocycles. The normalized spacial score (nSPS) is 20.0. The number of methoxy groups -OCH3 is 2. The van der Waals surface area contributed by atoms with Crippen molar-refractivity contribution in [3.63, 3.8) is 0 Å². The first kappa shape index (κ1) is 30.3. The van der Waals surface area contributed by atoms with Crippen LogP contribution in [0.1, 0.15) is 40.0 Å². The van der Waals surface area contributed by atoms with Crippen molar-refractivity contribution >= 4 is 11.9 Å². The number of amides is 1. The van der Waals surface area contributed by atoms with E-state index in [1.54, 1.807) is 29.2 Å². The molecule has 1 saturated heterocycles. The molecule has 0 radical (unpaired) electrons. The summed E-state index contributed by atoms with van der Waals surface area (Å²) in [5, 5.41) is 16.5. The first-order valence-corrected chi connectivity index (χ1v) is 14.1. The van der Waals surface area contributed by atoms with Crippen molar-refractivity contribution in [3.8, 4) is 34.0 Å². The Morgan fingerprint density at radius 1 is 1.07 bits per heavy atom. The van der Waals surface area contributed by atoms with Crippen molar-refractivity contribution in [3.05, 3.63) is 42.3 Å². The molecule has 11 nitrogen and oxygen atoms in total. The SMILES string of the molecule is COCOc1cc(-c2cnnc(OC)c2)c(F)cc1-c1ccc(N2CCC(N(C(=O)OC(C)(C)C)C3CC(F)C3)C2)nn1. The van der Waals surface area contributed by atoms with Crippen LogP contribution in [0.5, 0.6) is 11.6 Å². The summed E-state index contributed by atoms with van der Waals surface area (Å²) in [5.41, 5.74) is 0.857. The standard InChI is InChI=1S/C30H36F2N6O5/c1-30(2,3)43-29(39)38(21-11-19(31)12-21)20-8-9-37(16-20)27-7-6-25(34-35-27)23-13-24(32)22(14-26(23)42-17-40-4)18-10-28(41-5)36-33-15-18/h6-7,10,13-15,19-21H,8-9,11-12,16-17H2,1-5H3. The number of ether oxygens (including phenoxy) is 4. The zero-order valence-electron chi connectivity index (χ0n) is 24.9. The van der Waals surface area contributed by atoms with E-state index in [4.69, 9.17) is 18.9 Å². The van der Waals surface area contributed by atoms with Gasteiger partial charge in [0.2, 0.25) is 5.88 Å². The van der Waals surface area contributed by atoms with E-state index in [0.29, 0.717) is 60.7 Å². The monoisotopic (exact) mass is 598 g/mol. The summed E-state index contributed by atoms with van der Waals surface area (Å²) < 4.78 is 50.8. The number of nitrogens with zero attached hydrogens (tertiary/aromatic N) is 6. The lowest BCUT2D eigenvalue weighted by atomic mass is 9.88. The molecule has 1 unspecified atom stereocenters. The van der Waals surface area contributed by atoms with Gasteiger partial charge in [-0.15, -0.1) is 15.3 Å². The van der Waals surface area contributed by atoms with Gasteiger partial charge < -0.3 is 28.7 Å². The highest BCUT2D eigenvalue weighted by atomic mass is 19.1. The minimum absolute atomic E-state index is 0.0606. The number of halogens is 2. The number of alkyl halides is 1. The Labute approximate surface area is 249 Å². The second-order valence-corrected chi connectivity index (χ2v) is 11.6. The predicted octanol–water partition coefficient (Wildman–Crippen LogP) is 5.05. The van der Waals surface area contributed by atoms with Gasteiger partial charge in [-0.05, 0) is 64.3 Å². The Hall–Kier alpha value is -4.13. The number of rotatable bonds is 9. The number of anilines is 1. The maximum atomic E-state index is 15.4. The molecule has 2 aromatic heterocycles. The van der Waals surface area contributed by atoms with E-state index in [-0.39, 0.29) is 30.3 Å². The molecule has 5 rings (SSSR count). The molecule has 1 aliphatic carbocycles. The van der Waals surface area contributed by atoms with E-state index in [2.05, 4.69) is 20.4 Å². The summed E-state index contributed by atoms with van der Waals surface area (Å²) in [6.07, 6.45) is 1.44. The second kappa shape index (κ2) is 12.6. The van der Waals surface area contributed by atoms with Crippen LogP contribution in [0.15, 0.2) is 36.5 Å². The van der Waals surface area contributed by atoms with Crippen LogP contribution in [0.2, 0.25) is 0 Å². The highest BCUT2D eigenvalue weighted by Crippen LogP contribution is 2.37. The molecule has 13 heteroatoms. The summed E-state index contributed by atoms with van der Waals surface area (Å²) in [6.45, 7) is 6.54. The van der Waals surface area contributed by atoms with Crippen molar-refractivity contribution in [1.82, 2.24) is 25.3 Å². The third-order valence-electron chi connectivity index (χ3n) is 7.41. The topological polar surface area (TPSA) is 112 Å². The molecule has 1 atom stereocenters. The van der Waals surface area contributed by atoms with E-state index in [1.165, 1.54) is 26.5 Å². The molecule has 2 aliphatic rings. The molecule has 0 spiro atoms. The van der Waals surface area contributed by atoms with E-state index in [0.717, 1.165) is 0 Å². The number of aromatic nitrogens is 4. The van der Waals surface area contributed by atoms with Crippen LogP contribution in [0, 0.1) is 5.82 Å². The Bertz CT molecular complexity index is 1430. The molecule has 0 bridgehead atoms. The Morgan fingerprint density at radius 2 is 1.86 bits per heavy atom. The highest BCUT2D eigenvalue weighted by molar-refractivity contribution is 5.75. The lowest BCUT2D eigenvalue weighted by Gasteiger charge is -2.43. The van der Waals surface area contributed by atoms with Gasteiger partial charge in [0.1, 0.15) is 23.3 Å². The fourth-order valence-electron chi connectivity index (χ4n) is 5.28. The van der Waals surface area contributed by atoms with Crippen molar-refractivity contribution in [1.29, 1.82) is 0 Å². The van der Waals surface area contributed by atoms with Gasteiger partial charge in [0, 0.05) is 49.0 Å². The van der Waals surface area contributed by atoms with Gasteiger partial charge in [-0.3, -0.25) is 0 Å². The van der Waals surface area contributed by atoms with E-state index in [1.807, 2.05) is 25.7 Å². The number of hydrogen-bond donors (Lipinski definition) is 0. The number of carbonyl (C=O) groups excluding carboxylic acids is 1. The molecule has 2 fully saturated rings. The average molecular weight is 599 g/mol. The Morgan fingerprint density at radius 3 is 2.51 bits per heavy atom. The van der Waals surface area contributed by atoms with Gasteiger partial charge in [-0.1, -0.05) is 0 Å². The minimum Gasteiger partial charge on any atom is -0.480 e. The fourth-order valence-corrected chi connectivity index (χ4v) is 5.28.